The molecule has 0 fully saturated rings. The van der Waals surface area contributed by atoms with Crippen molar-refractivity contribution in [2.24, 2.45) is 0 Å². The van der Waals surface area contributed by atoms with Crippen LogP contribution in [-0.2, 0) is 4.79 Å². The monoisotopic (exact) mass is 357 g/mol. The average Bonchev–Trinajstić information content (AvgIpc) is 2.65. The van der Waals surface area contributed by atoms with Gasteiger partial charge in [-0.25, -0.2) is 4.39 Å². The minimum Gasteiger partial charge on any atom is -0.493 e. The van der Waals surface area contributed by atoms with E-state index in [2.05, 4.69) is 5.32 Å². The standard InChI is InChI=1S/C20H20FNO4/c1-3-22-20(24)13-26-18-11-9-14(12-19(18)25-2)8-10-17(23)15-6-4-5-7-16(15)21/h4-12H,3,13H2,1-2H3,(H,22,24)/b10-8+. The van der Waals surface area contributed by atoms with E-state index in [1.807, 2.05) is 6.92 Å². The lowest BCUT2D eigenvalue weighted by Crippen LogP contribution is -2.28. The number of nitrogens with one attached hydrogen (secondary N) is 1. The Morgan fingerprint density at radius 2 is 1.92 bits per heavy atom. The number of likely N-dealkylation sites (N-methyl/N-ethyl adjacent to an activating group) is 1. The number of ketones is 1. The van der Waals surface area contributed by atoms with Crippen LogP contribution >= 0.6 is 0 Å². The number of hydrogen-bond acceptors (Lipinski definition) is 4. The predicted molar refractivity (Wildman–Crippen MR) is 96.9 cm³/mol. The van der Waals surface area contributed by atoms with Gasteiger partial charge in [0.25, 0.3) is 5.91 Å². The van der Waals surface area contributed by atoms with E-state index < -0.39 is 11.6 Å². The molecule has 6 heteroatoms. The summed E-state index contributed by atoms with van der Waals surface area (Å²) < 4.78 is 24.3. The molecule has 0 radical (unpaired) electrons. The van der Waals surface area contributed by atoms with Crippen molar-refractivity contribution in [3.63, 3.8) is 0 Å². The first-order valence-corrected chi connectivity index (χ1v) is 8.09. The molecule has 0 atom stereocenters. The number of rotatable bonds is 8. The molecule has 0 spiro atoms. The number of halogens is 1. The smallest absolute Gasteiger partial charge is 0.257 e. The normalized spacial score (nSPS) is 10.6. The zero-order valence-electron chi connectivity index (χ0n) is 14.6. The van der Waals surface area contributed by atoms with Gasteiger partial charge in [0.15, 0.2) is 23.9 Å². The first-order chi connectivity index (χ1) is 12.5. The lowest BCUT2D eigenvalue weighted by Gasteiger charge is -2.11. The van der Waals surface area contributed by atoms with E-state index >= 15 is 0 Å². The van der Waals surface area contributed by atoms with Gasteiger partial charge in [0.2, 0.25) is 0 Å². The quantitative estimate of drug-likeness (QED) is 0.582. The summed E-state index contributed by atoms with van der Waals surface area (Å²) in [5.41, 5.74) is 0.689. The second-order valence-corrected chi connectivity index (χ2v) is 5.33. The van der Waals surface area contributed by atoms with Crippen molar-refractivity contribution in [1.82, 2.24) is 5.32 Å². The van der Waals surface area contributed by atoms with Crippen LogP contribution in [0.2, 0.25) is 0 Å². The fourth-order valence-electron chi connectivity index (χ4n) is 2.22. The number of allylic oxidation sites excluding steroid dienone is 1. The average molecular weight is 357 g/mol. The number of carbonyl (C=O) groups excluding carboxylic acids is 2. The maximum absolute atomic E-state index is 13.6. The lowest BCUT2D eigenvalue weighted by molar-refractivity contribution is -0.123. The van der Waals surface area contributed by atoms with Crippen molar-refractivity contribution in [2.45, 2.75) is 6.92 Å². The summed E-state index contributed by atoms with van der Waals surface area (Å²) >= 11 is 0. The topological polar surface area (TPSA) is 64.6 Å². The molecule has 0 aliphatic carbocycles. The Kier molecular flexibility index (Phi) is 6.91. The van der Waals surface area contributed by atoms with Crippen molar-refractivity contribution in [3.8, 4) is 11.5 Å². The molecule has 0 aliphatic rings. The van der Waals surface area contributed by atoms with E-state index in [9.17, 15) is 14.0 Å². The Morgan fingerprint density at radius 1 is 1.15 bits per heavy atom. The molecular weight excluding hydrogens is 337 g/mol. The minimum absolute atomic E-state index is 0.0117. The summed E-state index contributed by atoms with van der Waals surface area (Å²) in [5, 5.41) is 2.63. The second-order valence-electron chi connectivity index (χ2n) is 5.33. The van der Waals surface area contributed by atoms with E-state index in [0.29, 0.717) is 23.6 Å². The van der Waals surface area contributed by atoms with Crippen LogP contribution in [0, 0.1) is 5.82 Å². The number of carbonyl (C=O) groups is 2. The molecule has 2 aromatic carbocycles. The van der Waals surface area contributed by atoms with E-state index in [-0.39, 0.29) is 18.1 Å². The summed E-state index contributed by atoms with van der Waals surface area (Å²) in [7, 11) is 1.48. The summed E-state index contributed by atoms with van der Waals surface area (Å²) in [6, 6.07) is 10.8. The van der Waals surface area contributed by atoms with Crippen LogP contribution in [0.5, 0.6) is 11.5 Å². The van der Waals surface area contributed by atoms with Crippen LogP contribution in [0.25, 0.3) is 6.08 Å². The van der Waals surface area contributed by atoms with Gasteiger partial charge in [0, 0.05) is 6.54 Å². The highest BCUT2D eigenvalue weighted by Crippen LogP contribution is 2.28. The fraction of sp³-hybridized carbons (Fsp3) is 0.200. The molecule has 5 nitrogen and oxygen atoms in total. The van der Waals surface area contributed by atoms with E-state index in [0.717, 1.165) is 0 Å². The summed E-state index contributed by atoms with van der Waals surface area (Å²) in [6.07, 6.45) is 2.85. The number of methoxy groups -OCH3 is 1. The van der Waals surface area contributed by atoms with Gasteiger partial charge in [-0.15, -0.1) is 0 Å². The third-order valence-electron chi connectivity index (χ3n) is 3.49. The van der Waals surface area contributed by atoms with Gasteiger partial charge in [0.1, 0.15) is 5.82 Å². The molecule has 0 heterocycles. The molecule has 136 valence electrons. The van der Waals surface area contributed by atoms with Gasteiger partial charge in [-0.3, -0.25) is 9.59 Å². The third-order valence-corrected chi connectivity index (χ3v) is 3.49. The molecule has 2 rings (SSSR count). The molecule has 0 saturated heterocycles. The zero-order chi connectivity index (χ0) is 18.9. The summed E-state index contributed by atoms with van der Waals surface area (Å²) in [4.78, 5) is 23.5. The molecule has 0 aliphatic heterocycles. The van der Waals surface area contributed by atoms with Gasteiger partial charge in [-0.2, -0.15) is 0 Å². The molecule has 0 bridgehead atoms. The second kappa shape index (κ2) is 9.36. The Bertz CT molecular complexity index is 817. The number of benzene rings is 2. The summed E-state index contributed by atoms with van der Waals surface area (Å²) in [6.45, 7) is 2.23. The lowest BCUT2D eigenvalue weighted by atomic mass is 10.1. The van der Waals surface area contributed by atoms with E-state index in [1.165, 1.54) is 31.4 Å². The molecule has 26 heavy (non-hydrogen) atoms. The molecule has 0 saturated carbocycles. The highest BCUT2D eigenvalue weighted by molar-refractivity contribution is 6.07. The zero-order valence-corrected chi connectivity index (χ0v) is 14.6. The predicted octanol–water partition coefficient (Wildman–Crippen LogP) is 3.25. The Balaban J connectivity index is 2.10. The van der Waals surface area contributed by atoms with Crippen LogP contribution in [0.15, 0.2) is 48.5 Å². The van der Waals surface area contributed by atoms with Gasteiger partial charge < -0.3 is 14.8 Å². The SMILES string of the molecule is CCNC(=O)COc1ccc(/C=C/C(=O)c2ccccc2F)cc1OC. The molecule has 1 N–H and O–H groups in total. The van der Waals surface area contributed by atoms with Gasteiger partial charge in [0.05, 0.1) is 12.7 Å². The largest absolute Gasteiger partial charge is 0.493 e. The Morgan fingerprint density at radius 3 is 2.62 bits per heavy atom. The third kappa shape index (κ3) is 5.17. The van der Waals surface area contributed by atoms with Gasteiger partial charge in [-0.1, -0.05) is 24.3 Å². The Hall–Kier alpha value is -3.15. The molecule has 2 aromatic rings. The summed E-state index contributed by atoms with van der Waals surface area (Å²) in [5.74, 6) is -0.382. The van der Waals surface area contributed by atoms with Crippen LogP contribution < -0.4 is 14.8 Å². The van der Waals surface area contributed by atoms with Crippen LogP contribution in [0.3, 0.4) is 0 Å². The maximum atomic E-state index is 13.6. The highest BCUT2D eigenvalue weighted by Gasteiger charge is 2.09. The molecule has 1 amide bonds. The van der Waals surface area contributed by atoms with Crippen molar-refractivity contribution >= 4 is 17.8 Å². The van der Waals surface area contributed by atoms with Crippen molar-refractivity contribution in [2.75, 3.05) is 20.3 Å². The van der Waals surface area contributed by atoms with Gasteiger partial charge in [-0.05, 0) is 42.8 Å². The maximum Gasteiger partial charge on any atom is 0.257 e. The molecular formula is C20H20FNO4. The Labute approximate surface area is 151 Å². The molecule has 0 aromatic heterocycles. The van der Waals surface area contributed by atoms with E-state index in [4.69, 9.17) is 9.47 Å². The van der Waals surface area contributed by atoms with Crippen LogP contribution in [0.1, 0.15) is 22.8 Å². The van der Waals surface area contributed by atoms with E-state index in [1.54, 1.807) is 30.3 Å². The van der Waals surface area contributed by atoms with Crippen molar-refractivity contribution in [1.29, 1.82) is 0 Å². The number of hydrogen-bond donors (Lipinski definition) is 1. The highest BCUT2D eigenvalue weighted by atomic mass is 19.1. The molecule has 0 unspecified atom stereocenters. The van der Waals surface area contributed by atoms with Crippen molar-refractivity contribution in [3.05, 3.63) is 65.5 Å². The fourth-order valence-corrected chi connectivity index (χ4v) is 2.22. The van der Waals surface area contributed by atoms with Crippen LogP contribution in [0.4, 0.5) is 4.39 Å². The van der Waals surface area contributed by atoms with Gasteiger partial charge >= 0.3 is 0 Å². The minimum atomic E-state index is -0.561. The number of ether oxygens (including phenoxy) is 2. The first-order valence-electron chi connectivity index (χ1n) is 8.09. The van der Waals surface area contributed by atoms with Crippen LogP contribution in [-0.4, -0.2) is 32.0 Å². The number of amides is 1. The van der Waals surface area contributed by atoms with Crippen molar-refractivity contribution < 1.29 is 23.5 Å². The first kappa shape index (κ1) is 19.2.